The maximum Gasteiger partial charge on any atom is 0.397 e. The lowest BCUT2D eigenvalue weighted by molar-refractivity contribution is -0.168. The number of nitrogens with zero attached hydrogens (tertiary/aromatic N) is 1. The largest absolute Gasteiger partial charge is 0.453 e. The first kappa shape index (κ1) is 13.0. The van der Waals surface area contributed by atoms with E-state index in [0.717, 1.165) is 25.7 Å². The van der Waals surface area contributed by atoms with Gasteiger partial charge in [0, 0.05) is 13.1 Å². The van der Waals surface area contributed by atoms with Crippen LogP contribution in [0.25, 0.3) is 0 Å². The molecule has 0 N–H and O–H groups in total. The summed E-state index contributed by atoms with van der Waals surface area (Å²) in [7, 11) is 1.68. The molecule has 0 bridgehead atoms. The highest BCUT2D eigenvalue weighted by Crippen LogP contribution is 2.22. The van der Waals surface area contributed by atoms with Crippen LogP contribution in [0.4, 0.5) is 0 Å². The zero-order chi connectivity index (χ0) is 12.3. The quantitative estimate of drug-likeness (QED) is 0.506. The van der Waals surface area contributed by atoms with Crippen LogP contribution in [0.15, 0.2) is 0 Å². The average Bonchev–Trinajstić information content (AvgIpc) is 2.65. The van der Waals surface area contributed by atoms with Crippen LogP contribution in [-0.4, -0.2) is 35.5 Å². The van der Waals surface area contributed by atoms with Gasteiger partial charge in [0.05, 0.1) is 0 Å². The summed E-state index contributed by atoms with van der Waals surface area (Å²) in [6, 6.07) is 0.208. The predicted molar refractivity (Wildman–Crippen MR) is 60.9 cm³/mol. The van der Waals surface area contributed by atoms with E-state index >= 15 is 0 Å². The van der Waals surface area contributed by atoms with Gasteiger partial charge < -0.3 is 9.64 Å². The topological polar surface area (TPSA) is 46.6 Å². The van der Waals surface area contributed by atoms with E-state index in [1.807, 2.05) is 0 Å². The van der Waals surface area contributed by atoms with E-state index in [9.17, 15) is 9.59 Å². The van der Waals surface area contributed by atoms with Gasteiger partial charge in [-0.2, -0.15) is 0 Å². The smallest absolute Gasteiger partial charge is 0.397 e. The summed E-state index contributed by atoms with van der Waals surface area (Å²) in [6.07, 6.45) is 4.25. The number of hydrogen-bond acceptors (Lipinski definition) is 3. The maximum atomic E-state index is 11.8. The molecule has 0 spiro atoms. The third-order valence-electron chi connectivity index (χ3n) is 2.77. The Hall–Kier alpha value is -1.06. The first-order valence-corrected chi connectivity index (χ1v) is 5.81. The van der Waals surface area contributed by atoms with E-state index < -0.39 is 17.5 Å². The minimum Gasteiger partial charge on any atom is -0.453 e. The fourth-order valence-electron chi connectivity index (χ4n) is 1.92. The monoisotopic (exact) mass is 227 g/mol. The number of likely N-dealkylation sites (N-methyl/N-ethyl adjacent to an activating group) is 1. The second kappa shape index (κ2) is 4.85. The Morgan fingerprint density at radius 1 is 1.19 bits per heavy atom. The van der Waals surface area contributed by atoms with Gasteiger partial charge in [-0.15, -0.1) is 0 Å². The highest BCUT2D eigenvalue weighted by atomic mass is 16.6. The van der Waals surface area contributed by atoms with Crippen LogP contribution in [0.3, 0.4) is 0 Å². The van der Waals surface area contributed by atoms with Crippen molar-refractivity contribution in [1.29, 1.82) is 0 Å². The number of amides is 1. The molecule has 4 heteroatoms. The number of esters is 1. The van der Waals surface area contributed by atoms with Crippen molar-refractivity contribution in [1.82, 2.24) is 4.90 Å². The fourth-order valence-corrected chi connectivity index (χ4v) is 1.92. The van der Waals surface area contributed by atoms with Crippen molar-refractivity contribution in [2.75, 3.05) is 7.05 Å². The van der Waals surface area contributed by atoms with Gasteiger partial charge in [-0.05, 0) is 33.6 Å². The Kier molecular flexibility index (Phi) is 3.94. The molecule has 16 heavy (non-hydrogen) atoms. The van der Waals surface area contributed by atoms with Crippen LogP contribution < -0.4 is 0 Å². The molecule has 0 aromatic heterocycles. The molecule has 1 aliphatic carbocycles. The number of carbonyl (C=O) groups is 2. The van der Waals surface area contributed by atoms with Crippen molar-refractivity contribution in [2.45, 2.75) is 58.1 Å². The van der Waals surface area contributed by atoms with Crippen LogP contribution in [0.5, 0.6) is 0 Å². The standard InChI is InChI=1S/C12H21NO3/c1-12(2,3)16-11(15)10(14)13(4)9-7-5-6-8-9/h9H,5-8H2,1-4H3. The summed E-state index contributed by atoms with van der Waals surface area (Å²) in [5.74, 6) is -1.27. The molecular weight excluding hydrogens is 206 g/mol. The third-order valence-corrected chi connectivity index (χ3v) is 2.77. The van der Waals surface area contributed by atoms with Crippen LogP contribution in [0, 0.1) is 0 Å². The van der Waals surface area contributed by atoms with Crippen molar-refractivity contribution < 1.29 is 14.3 Å². The molecule has 4 nitrogen and oxygen atoms in total. The Balaban J connectivity index is 2.52. The normalized spacial score (nSPS) is 17.2. The molecule has 0 aliphatic heterocycles. The molecule has 1 fully saturated rings. The first-order valence-electron chi connectivity index (χ1n) is 5.81. The highest BCUT2D eigenvalue weighted by Gasteiger charge is 2.30. The summed E-state index contributed by atoms with van der Waals surface area (Å²) in [6.45, 7) is 5.27. The zero-order valence-corrected chi connectivity index (χ0v) is 10.6. The summed E-state index contributed by atoms with van der Waals surface area (Å²) in [5.41, 5.74) is -0.608. The van der Waals surface area contributed by atoms with E-state index in [4.69, 9.17) is 4.74 Å². The Morgan fingerprint density at radius 3 is 2.12 bits per heavy atom. The van der Waals surface area contributed by atoms with Gasteiger partial charge in [-0.1, -0.05) is 12.8 Å². The minimum absolute atomic E-state index is 0.208. The molecule has 1 aliphatic rings. The van der Waals surface area contributed by atoms with Crippen molar-refractivity contribution in [2.24, 2.45) is 0 Å². The van der Waals surface area contributed by atoms with Crippen molar-refractivity contribution >= 4 is 11.9 Å². The first-order chi connectivity index (χ1) is 7.31. The summed E-state index contributed by atoms with van der Waals surface area (Å²) in [5, 5.41) is 0. The molecule has 0 radical (unpaired) electrons. The Labute approximate surface area is 96.9 Å². The van der Waals surface area contributed by atoms with Crippen LogP contribution in [0.1, 0.15) is 46.5 Å². The molecule has 0 atom stereocenters. The van der Waals surface area contributed by atoms with Crippen LogP contribution in [-0.2, 0) is 14.3 Å². The molecule has 0 unspecified atom stereocenters. The molecule has 92 valence electrons. The Bertz CT molecular complexity index is 274. The molecule has 0 aromatic carbocycles. The average molecular weight is 227 g/mol. The van der Waals surface area contributed by atoms with Gasteiger partial charge in [0.15, 0.2) is 0 Å². The molecule has 1 saturated carbocycles. The summed E-state index contributed by atoms with van der Waals surface area (Å²) in [4.78, 5) is 24.8. The minimum atomic E-state index is -0.748. The van der Waals surface area contributed by atoms with Gasteiger partial charge in [-0.3, -0.25) is 4.79 Å². The van der Waals surface area contributed by atoms with Gasteiger partial charge >= 0.3 is 11.9 Å². The van der Waals surface area contributed by atoms with E-state index in [0.29, 0.717) is 0 Å². The highest BCUT2D eigenvalue weighted by molar-refractivity contribution is 6.32. The SMILES string of the molecule is CN(C(=O)C(=O)OC(C)(C)C)C1CCCC1. The van der Waals surface area contributed by atoms with Gasteiger partial charge in [0.25, 0.3) is 0 Å². The summed E-state index contributed by atoms with van der Waals surface area (Å²) < 4.78 is 5.05. The van der Waals surface area contributed by atoms with E-state index in [1.54, 1.807) is 27.8 Å². The molecule has 0 heterocycles. The van der Waals surface area contributed by atoms with Crippen LogP contribution >= 0.6 is 0 Å². The number of carbonyl (C=O) groups excluding carboxylic acids is 2. The van der Waals surface area contributed by atoms with Crippen molar-refractivity contribution in [3.63, 3.8) is 0 Å². The number of ether oxygens (including phenoxy) is 1. The second-order valence-electron chi connectivity index (χ2n) is 5.36. The zero-order valence-electron chi connectivity index (χ0n) is 10.6. The van der Waals surface area contributed by atoms with E-state index in [1.165, 1.54) is 4.90 Å². The lowest BCUT2D eigenvalue weighted by atomic mass is 10.2. The van der Waals surface area contributed by atoms with Crippen molar-refractivity contribution in [3.8, 4) is 0 Å². The van der Waals surface area contributed by atoms with E-state index in [-0.39, 0.29) is 6.04 Å². The molecule has 0 saturated heterocycles. The van der Waals surface area contributed by atoms with Crippen LogP contribution in [0.2, 0.25) is 0 Å². The molecule has 0 aromatic rings. The fraction of sp³-hybridized carbons (Fsp3) is 0.833. The van der Waals surface area contributed by atoms with Gasteiger partial charge in [0.1, 0.15) is 5.60 Å². The third kappa shape index (κ3) is 3.51. The van der Waals surface area contributed by atoms with Gasteiger partial charge in [0.2, 0.25) is 0 Å². The van der Waals surface area contributed by atoms with Gasteiger partial charge in [-0.25, -0.2) is 4.79 Å². The number of rotatable bonds is 1. The predicted octanol–water partition coefficient (Wildman–Crippen LogP) is 1.73. The lowest BCUT2D eigenvalue weighted by Crippen LogP contribution is -2.42. The second-order valence-corrected chi connectivity index (χ2v) is 5.36. The maximum absolute atomic E-state index is 11.8. The van der Waals surface area contributed by atoms with E-state index in [2.05, 4.69) is 0 Å². The van der Waals surface area contributed by atoms with Crippen molar-refractivity contribution in [3.05, 3.63) is 0 Å². The Morgan fingerprint density at radius 2 is 1.69 bits per heavy atom. The molecular formula is C12H21NO3. The molecule has 1 rings (SSSR count). The molecule has 1 amide bonds. The number of hydrogen-bond donors (Lipinski definition) is 0. The summed E-state index contributed by atoms with van der Waals surface area (Å²) >= 11 is 0. The lowest BCUT2D eigenvalue weighted by Gasteiger charge is -2.25.